The van der Waals surface area contributed by atoms with E-state index in [0.717, 1.165) is 5.39 Å². The first-order valence-electron chi connectivity index (χ1n) is 8.15. The van der Waals surface area contributed by atoms with Crippen molar-refractivity contribution >= 4 is 22.4 Å². The van der Waals surface area contributed by atoms with Gasteiger partial charge in [-0.15, -0.1) is 0 Å². The van der Waals surface area contributed by atoms with Gasteiger partial charge < -0.3 is 14.8 Å². The number of pyridine rings is 1. The minimum absolute atomic E-state index is 0.0545. The van der Waals surface area contributed by atoms with Gasteiger partial charge in [-0.3, -0.25) is 10.1 Å². The zero-order valence-electron chi connectivity index (χ0n) is 14.5. The maximum absolute atomic E-state index is 10.8. The van der Waals surface area contributed by atoms with Crippen LogP contribution in [0.25, 0.3) is 10.9 Å². The van der Waals surface area contributed by atoms with Gasteiger partial charge in [0.05, 0.1) is 24.1 Å². The van der Waals surface area contributed by atoms with Crippen LogP contribution in [0.1, 0.15) is 6.92 Å². The fraction of sp³-hybridized carbons (Fsp3) is 0.211. The molecule has 0 saturated heterocycles. The van der Waals surface area contributed by atoms with Gasteiger partial charge in [0, 0.05) is 17.5 Å². The number of nitro groups is 1. The highest BCUT2D eigenvalue weighted by molar-refractivity contribution is 5.82. The number of hydrogen-bond donors (Lipinski definition) is 1. The Morgan fingerprint density at radius 2 is 1.92 bits per heavy atom. The number of anilines is 1. The number of para-hydroxylation sites is 2. The maximum Gasteiger partial charge on any atom is 0.270 e. The second kappa shape index (κ2) is 7.69. The fourth-order valence-electron chi connectivity index (χ4n) is 2.55. The molecule has 0 aliphatic rings. The lowest BCUT2D eigenvalue weighted by atomic mass is 10.2. The lowest BCUT2D eigenvalue weighted by Gasteiger charge is -2.17. The third-order valence-electron chi connectivity index (χ3n) is 3.85. The zero-order chi connectivity index (χ0) is 18.5. The summed E-state index contributed by atoms with van der Waals surface area (Å²) in [5.41, 5.74) is 0.748. The molecule has 0 bridgehead atoms. The van der Waals surface area contributed by atoms with Crippen molar-refractivity contribution in [2.45, 2.75) is 13.0 Å². The van der Waals surface area contributed by atoms with E-state index < -0.39 is 4.92 Å². The quantitative estimate of drug-likeness (QED) is 0.510. The monoisotopic (exact) mass is 353 g/mol. The van der Waals surface area contributed by atoms with Crippen molar-refractivity contribution in [3.05, 3.63) is 64.7 Å². The smallest absolute Gasteiger partial charge is 0.270 e. The number of methoxy groups -OCH3 is 1. The van der Waals surface area contributed by atoms with Crippen molar-refractivity contribution in [3.63, 3.8) is 0 Å². The molecule has 1 aromatic heterocycles. The molecular formula is C19H19N3O4. The number of nitrogens with zero attached hydrogens (tertiary/aromatic N) is 2. The average molecular weight is 353 g/mol. The highest BCUT2D eigenvalue weighted by Gasteiger charge is 2.10. The number of benzene rings is 2. The van der Waals surface area contributed by atoms with Gasteiger partial charge in [-0.2, -0.15) is 0 Å². The molecule has 1 N–H and O–H groups in total. The second-order valence-corrected chi connectivity index (χ2v) is 5.79. The standard InChI is InChI=1S/C19H19N3O4/c1-13(26-18-6-4-3-5-17(18)25-2)12-20-19-10-7-14-11-15(22(23)24)8-9-16(14)21-19/h3-11,13H,12H2,1-2H3,(H,20,21). The molecule has 0 aliphatic heterocycles. The number of nitrogens with one attached hydrogen (secondary N) is 1. The molecule has 1 heterocycles. The van der Waals surface area contributed by atoms with Crippen LogP contribution in [0.4, 0.5) is 11.5 Å². The molecule has 26 heavy (non-hydrogen) atoms. The molecule has 1 atom stereocenters. The van der Waals surface area contributed by atoms with Crippen LogP contribution in [0, 0.1) is 10.1 Å². The summed E-state index contributed by atoms with van der Waals surface area (Å²) in [6.45, 7) is 2.49. The third kappa shape index (κ3) is 4.00. The molecule has 3 aromatic rings. The second-order valence-electron chi connectivity index (χ2n) is 5.79. The molecule has 134 valence electrons. The van der Waals surface area contributed by atoms with Crippen LogP contribution in [0.5, 0.6) is 11.5 Å². The van der Waals surface area contributed by atoms with E-state index in [1.54, 1.807) is 19.2 Å². The maximum atomic E-state index is 10.8. The summed E-state index contributed by atoms with van der Waals surface area (Å²) in [4.78, 5) is 14.9. The van der Waals surface area contributed by atoms with Gasteiger partial charge >= 0.3 is 0 Å². The molecule has 0 fully saturated rings. The highest BCUT2D eigenvalue weighted by Crippen LogP contribution is 2.27. The first-order valence-corrected chi connectivity index (χ1v) is 8.15. The van der Waals surface area contributed by atoms with Crippen LogP contribution in [-0.2, 0) is 0 Å². The number of fused-ring (bicyclic) bond motifs is 1. The number of ether oxygens (including phenoxy) is 2. The summed E-state index contributed by atoms with van der Waals surface area (Å²) in [6, 6.07) is 15.7. The molecule has 3 rings (SSSR count). The Hall–Kier alpha value is -3.35. The van der Waals surface area contributed by atoms with Crippen LogP contribution in [-0.4, -0.2) is 29.7 Å². The van der Waals surface area contributed by atoms with Crippen molar-refractivity contribution in [1.82, 2.24) is 4.98 Å². The van der Waals surface area contributed by atoms with Crippen LogP contribution in [0.15, 0.2) is 54.6 Å². The predicted octanol–water partition coefficient (Wildman–Crippen LogP) is 4.03. The van der Waals surface area contributed by atoms with E-state index >= 15 is 0 Å². The summed E-state index contributed by atoms with van der Waals surface area (Å²) in [5, 5.41) is 14.8. The average Bonchev–Trinajstić information content (AvgIpc) is 2.66. The minimum atomic E-state index is -0.414. The van der Waals surface area contributed by atoms with Gasteiger partial charge in [0.25, 0.3) is 5.69 Å². The molecule has 0 radical (unpaired) electrons. The summed E-state index contributed by atoms with van der Waals surface area (Å²) < 4.78 is 11.2. The first kappa shape index (κ1) is 17.5. The summed E-state index contributed by atoms with van der Waals surface area (Å²) >= 11 is 0. The largest absolute Gasteiger partial charge is 0.493 e. The zero-order valence-corrected chi connectivity index (χ0v) is 14.5. The van der Waals surface area contributed by atoms with E-state index in [2.05, 4.69) is 10.3 Å². The molecule has 0 spiro atoms. The predicted molar refractivity (Wildman–Crippen MR) is 100.0 cm³/mol. The van der Waals surface area contributed by atoms with Gasteiger partial charge in [-0.05, 0) is 37.3 Å². The van der Waals surface area contributed by atoms with Crippen molar-refractivity contribution < 1.29 is 14.4 Å². The van der Waals surface area contributed by atoms with Crippen molar-refractivity contribution in [2.75, 3.05) is 19.0 Å². The summed E-state index contributed by atoms with van der Waals surface area (Å²) in [6.07, 6.45) is -0.111. The molecule has 7 heteroatoms. The Morgan fingerprint density at radius 3 is 2.65 bits per heavy atom. The van der Waals surface area contributed by atoms with Gasteiger partial charge in [0.1, 0.15) is 11.9 Å². The Labute approximate surface area is 150 Å². The molecule has 0 saturated carbocycles. The number of aromatic nitrogens is 1. The van der Waals surface area contributed by atoms with E-state index in [-0.39, 0.29) is 11.8 Å². The number of rotatable bonds is 7. The van der Waals surface area contributed by atoms with Crippen molar-refractivity contribution in [3.8, 4) is 11.5 Å². The van der Waals surface area contributed by atoms with Gasteiger partial charge in [0.15, 0.2) is 11.5 Å². The van der Waals surface area contributed by atoms with E-state index in [1.807, 2.05) is 37.3 Å². The fourth-order valence-corrected chi connectivity index (χ4v) is 2.55. The number of hydrogen-bond acceptors (Lipinski definition) is 6. The van der Waals surface area contributed by atoms with E-state index in [9.17, 15) is 10.1 Å². The molecule has 0 amide bonds. The number of non-ortho nitro benzene ring substituents is 1. The van der Waals surface area contributed by atoms with Gasteiger partial charge in [-0.1, -0.05) is 12.1 Å². The Bertz CT molecular complexity index is 930. The van der Waals surface area contributed by atoms with Crippen LogP contribution in [0.3, 0.4) is 0 Å². The van der Waals surface area contributed by atoms with Crippen molar-refractivity contribution in [2.24, 2.45) is 0 Å². The Kier molecular flexibility index (Phi) is 5.17. The van der Waals surface area contributed by atoms with E-state index in [1.165, 1.54) is 12.1 Å². The van der Waals surface area contributed by atoms with E-state index in [4.69, 9.17) is 9.47 Å². The topological polar surface area (TPSA) is 86.5 Å². The SMILES string of the molecule is COc1ccccc1OC(C)CNc1ccc2cc([N+](=O)[O-])ccc2n1. The van der Waals surface area contributed by atoms with Gasteiger partial charge in [-0.25, -0.2) is 4.98 Å². The molecule has 1 unspecified atom stereocenters. The minimum Gasteiger partial charge on any atom is -0.493 e. The molecule has 2 aromatic carbocycles. The Morgan fingerprint density at radius 1 is 1.15 bits per heavy atom. The third-order valence-corrected chi connectivity index (χ3v) is 3.85. The van der Waals surface area contributed by atoms with Crippen LogP contribution >= 0.6 is 0 Å². The van der Waals surface area contributed by atoms with Crippen LogP contribution in [0.2, 0.25) is 0 Å². The Balaban J connectivity index is 1.65. The molecule has 7 nitrogen and oxygen atoms in total. The van der Waals surface area contributed by atoms with Crippen molar-refractivity contribution in [1.29, 1.82) is 0 Å². The van der Waals surface area contributed by atoms with Crippen LogP contribution < -0.4 is 14.8 Å². The lowest BCUT2D eigenvalue weighted by Crippen LogP contribution is -2.23. The molecular weight excluding hydrogens is 334 g/mol. The summed E-state index contributed by atoms with van der Waals surface area (Å²) in [5.74, 6) is 2.05. The number of nitro benzene ring substituents is 1. The van der Waals surface area contributed by atoms with Gasteiger partial charge in [0.2, 0.25) is 0 Å². The normalized spacial score (nSPS) is 11.8. The summed E-state index contributed by atoms with van der Waals surface area (Å²) in [7, 11) is 1.61. The first-order chi connectivity index (χ1) is 12.6. The lowest BCUT2D eigenvalue weighted by molar-refractivity contribution is -0.384. The van der Waals surface area contributed by atoms with E-state index in [0.29, 0.717) is 29.4 Å². The highest BCUT2D eigenvalue weighted by atomic mass is 16.6. The molecule has 0 aliphatic carbocycles.